The largest absolute Gasteiger partial charge is 0.0888 e. The fourth-order valence-electron chi connectivity index (χ4n) is 7.58. The van der Waals surface area contributed by atoms with Gasteiger partial charge in [0.05, 0.1) is 0 Å². The van der Waals surface area contributed by atoms with E-state index in [1.165, 1.54) is 96.7 Å². The molecule has 0 aliphatic carbocycles. The minimum atomic E-state index is 1.26. The topological polar surface area (TPSA) is 0 Å². The molecule has 0 unspecified atom stereocenters. The van der Waals surface area contributed by atoms with Gasteiger partial charge in [-0.1, -0.05) is 157 Å². The normalized spacial score (nSPS) is 12.1. The predicted octanol–water partition coefficient (Wildman–Crippen LogP) is 13.0. The number of rotatable bonds is 4. The third-order valence-corrected chi connectivity index (χ3v) is 10.8. The van der Waals surface area contributed by atoms with Crippen molar-refractivity contribution in [2.24, 2.45) is 0 Å². The zero-order chi connectivity index (χ0) is 29.5. The van der Waals surface area contributed by atoms with Gasteiger partial charge in [-0.15, -0.1) is 0 Å². The highest BCUT2D eigenvalue weighted by Crippen LogP contribution is 2.47. The van der Waals surface area contributed by atoms with Gasteiger partial charge in [0.15, 0.2) is 0 Å². The fraction of sp³-hybridized carbons (Fsp3) is 0. The van der Waals surface area contributed by atoms with Crippen LogP contribution in [-0.4, -0.2) is 0 Å². The minimum absolute atomic E-state index is 1.26. The van der Waals surface area contributed by atoms with Crippen LogP contribution in [0.4, 0.5) is 0 Å². The van der Waals surface area contributed by atoms with Crippen LogP contribution in [0.3, 0.4) is 0 Å². The van der Waals surface area contributed by atoms with E-state index in [1.807, 2.05) is 11.8 Å². The first-order valence-corrected chi connectivity index (χ1v) is 16.3. The molecule has 0 saturated carbocycles. The molecule has 0 nitrogen and oxygen atoms in total. The lowest BCUT2D eigenvalue weighted by atomic mass is 9.90. The maximum absolute atomic E-state index is 2.33. The molecule has 0 spiro atoms. The van der Waals surface area contributed by atoms with Gasteiger partial charge in [0.25, 0.3) is 0 Å². The molecule has 10 aromatic rings. The summed E-state index contributed by atoms with van der Waals surface area (Å²) in [6, 6.07) is 58.4. The SMILES string of the molecule is c1ccc(-c2ccc3ccc4c(Sc5ccc6ccc7c(-c8ccccc8)ccc8ccc5c6c87)ccc5ccc2c3c54)cc1. The number of hydrogen-bond acceptors (Lipinski definition) is 1. The quantitative estimate of drug-likeness (QED) is 0.185. The lowest BCUT2D eigenvalue weighted by molar-refractivity contribution is 1.51. The lowest BCUT2D eigenvalue weighted by Crippen LogP contribution is -1.90. The predicted molar refractivity (Wildman–Crippen MR) is 195 cm³/mol. The summed E-state index contributed by atoms with van der Waals surface area (Å²) in [5.74, 6) is 0. The second kappa shape index (κ2) is 9.56. The van der Waals surface area contributed by atoms with Gasteiger partial charge in [-0.05, 0) is 99.0 Å². The molecule has 10 rings (SSSR count). The van der Waals surface area contributed by atoms with Crippen LogP contribution < -0.4 is 0 Å². The summed E-state index contributed by atoms with van der Waals surface area (Å²) in [5.41, 5.74) is 5.10. The summed E-state index contributed by atoms with van der Waals surface area (Å²) in [5, 5.41) is 15.9. The highest BCUT2D eigenvalue weighted by atomic mass is 32.2. The van der Waals surface area contributed by atoms with Gasteiger partial charge in [-0.3, -0.25) is 0 Å². The van der Waals surface area contributed by atoms with Gasteiger partial charge < -0.3 is 0 Å². The van der Waals surface area contributed by atoms with Crippen molar-refractivity contribution < 1.29 is 0 Å². The molecule has 0 aliphatic rings. The van der Waals surface area contributed by atoms with Crippen LogP contribution >= 0.6 is 11.8 Å². The molecule has 0 bridgehead atoms. The Labute approximate surface area is 265 Å². The summed E-state index contributed by atoms with van der Waals surface area (Å²) in [6.45, 7) is 0. The van der Waals surface area contributed by atoms with Crippen molar-refractivity contribution in [3.63, 3.8) is 0 Å². The molecule has 208 valence electrons. The molecule has 0 heterocycles. The van der Waals surface area contributed by atoms with Crippen molar-refractivity contribution in [3.8, 4) is 22.3 Å². The molecule has 0 N–H and O–H groups in total. The molecule has 0 amide bonds. The summed E-state index contributed by atoms with van der Waals surface area (Å²) < 4.78 is 0. The summed E-state index contributed by atoms with van der Waals surface area (Å²) in [4.78, 5) is 2.59. The third-order valence-electron chi connectivity index (χ3n) is 9.64. The highest BCUT2D eigenvalue weighted by molar-refractivity contribution is 7.99. The Morgan fingerprint density at radius 3 is 1.02 bits per heavy atom. The van der Waals surface area contributed by atoms with E-state index in [2.05, 4.69) is 158 Å². The molecule has 0 radical (unpaired) electrons. The van der Waals surface area contributed by atoms with Crippen molar-refractivity contribution >= 4 is 76.4 Å². The number of benzene rings is 10. The maximum atomic E-state index is 2.33. The Morgan fingerprint density at radius 2 is 0.600 bits per heavy atom. The van der Waals surface area contributed by atoms with Crippen LogP contribution in [0.15, 0.2) is 168 Å². The van der Waals surface area contributed by atoms with Crippen LogP contribution in [0.5, 0.6) is 0 Å². The highest BCUT2D eigenvalue weighted by Gasteiger charge is 2.17. The molecule has 0 aromatic heterocycles. The van der Waals surface area contributed by atoms with Crippen molar-refractivity contribution in [1.82, 2.24) is 0 Å². The van der Waals surface area contributed by atoms with Gasteiger partial charge in [0, 0.05) is 9.79 Å². The Hall–Kier alpha value is -5.37. The fourth-order valence-corrected chi connectivity index (χ4v) is 8.65. The van der Waals surface area contributed by atoms with Crippen LogP contribution in [0, 0.1) is 0 Å². The number of hydrogen-bond donors (Lipinski definition) is 0. The van der Waals surface area contributed by atoms with Crippen LogP contribution in [0.25, 0.3) is 86.9 Å². The van der Waals surface area contributed by atoms with Gasteiger partial charge >= 0.3 is 0 Å². The Kier molecular flexibility index (Phi) is 5.31. The molecule has 0 saturated heterocycles. The van der Waals surface area contributed by atoms with E-state index in [0.717, 1.165) is 0 Å². The van der Waals surface area contributed by atoms with Crippen LogP contribution in [-0.2, 0) is 0 Å². The average molecular weight is 587 g/mol. The Balaban J connectivity index is 1.18. The summed E-state index contributed by atoms with van der Waals surface area (Å²) >= 11 is 1.89. The van der Waals surface area contributed by atoms with Crippen LogP contribution in [0.2, 0.25) is 0 Å². The lowest BCUT2D eigenvalue weighted by Gasteiger charge is -2.18. The molecule has 45 heavy (non-hydrogen) atoms. The second-order valence-electron chi connectivity index (χ2n) is 12.0. The van der Waals surface area contributed by atoms with E-state index in [9.17, 15) is 0 Å². The van der Waals surface area contributed by atoms with Crippen LogP contribution in [0.1, 0.15) is 0 Å². The molecule has 10 aromatic carbocycles. The molecular formula is C44H26S. The Morgan fingerprint density at radius 1 is 0.267 bits per heavy atom. The zero-order valence-electron chi connectivity index (χ0n) is 24.4. The monoisotopic (exact) mass is 586 g/mol. The average Bonchev–Trinajstić information content (AvgIpc) is 3.11. The second-order valence-corrected chi connectivity index (χ2v) is 13.1. The van der Waals surface area contributed by atoms with Gasteiger partial charge in [-0.2, -0.15) is 0 Å². The molecule has 1 heteroatoms. The van der Waals surface area contributed by atoms with Gasteiger partial charge in [0.2, 0.25) is 0 Å². The molecular weight excluding hydrogens is 561 g/mol. The van der Waals surface area contributed by atoms with E-state index < -0.39 is 0 Å². The minimum Gasteiger partial charge on any atom is -0.0888 e. The van der Waals surface area contributed by atoms with Gasteiger partial charge in [-0.25, -0.2) is 0 Å². The first-order valence-electron chi connectivity index (χ1n) is 15.5. The molecule has 0 fully saturated rings. The van der Waals surface area contributed by atoms with Crippen molar-refractivity contribution in [2.45, 2.75) is 9.79 Å². The maximum Gasteiger partial charge on any atom is 0.0201 e. The summed E-state index contributed by atoms with van der Waals surface area (Å²) in [6.07, 6.45) is 0. The molecule has 0 aliphatic heterocycles. The smallest absolute Gasteiger partial charge is 0.0201 e. The Bertz CT molecular complexity index is 2520. The summed E-state index contributed by atoms with van der Waals surface area (Å²) in [7, 11) is 0. The van der Waals surface area contributed by atoms with E-state index in [0.29, 0.717) is 0 Å². The van der Waals surface area contributed by atoms with Crippen molar-refractivity contribution in [1.29, 1.82) is 0 Å². The van der Waals surface area contributed by atoms with Crippen molar-refractivity contribution in [2.75, 3.05) is 0 Å². The van der Waals surface area contributed by atoms with E-state index in [4.69, 9.17) is 0 Å². The first kappa shape index (κ1) is 25.0. The first-order chi connectivity index (χ1) is 22.3. The zero-order valence-corrected chi connectivity index (χ0v) is 25.2. The van der Waals surface area contributed by atoms with E-state index in [-0.39, 0.29) is 0 Å². The molecule has 0 atom stereocenters. The van der Waals surface area contributed by atoms with E-state index in [1.54, 1.807) is 0 Å². The third kappa shape index (κ3) is 3.68. The van der Waals surface area contributed by atoms with E-state index >= 15 is 0 Å². The van der Waals surface area contributed by atoms with Crippen molar-refractivity contribution in [3.05, 3.63) is 158 Å². The standard InChI is InChI=1S/C44H26S/c1-3-7-27(8-4-1)33-19-11-29-15-23-37-39(25-17-31-13-21-35(33)41(29)43(31)37)45-40-26-18-32-14-22-36-34(28-9-5-2-6-10-28)20-12-30-16-24-38(40)44(32)42(30)36/h1-26H. The van der Waals surface area contributed by atoms with Gasteiger partial charge in [0.1, 0.15) is 0 Å².